The van der Waals surface area contributed by atoms with Crippen molar-refractivity contribution < 1.29 is 14.3 Å². The van der Waals surface area contributed by atoms with Gasteiger partial charge in [-0.1, -0.05) is 12.1 Å². The molecule has 0 saturated carbocycles. The van der Waals surface area contributed by atoms with Crippen LogP contribution in [0.2, 0.25) is 0 Å². The van der Waals surface area contributed by atoms with Crippen LogP contribution in [0.3, 0.4) is 0 Å². The van der Waals surface area contributed by atoms with Crippen LogP contribution in [-0.4, -0.2) is 16.0 Å². The molecule has 3 aromatic rings. The van der Waals surface area contributed by atoms with Crippen molar-refractivity contribution >= 4 is 22.6 Å². The number of furan rings is 1. The molecule has 118 valence electrons. The summed E-state index contributed by atoms with van der Waals surface area (Å²) in [6.45, 7) is 5.66. The van der Waals surface area contributed by atoms with Crippen molar-refractivity contribution in [3.63, 3.8) is 0 Å². The maximum absolute atomic E-state index is 12.6. The first-order chi connectivity index (χ1) is 11.0. The molecule has 5 heteroatoms. The van der Waals surface area contributed by atoms with Crippen LogP contribution < -0.4 is 5.32 Å². The van der Waals surface area contributed by atoms with Crippen LogP contribution in [0.1, 0.15) is 32.8 Å². The summed E-state index contributed by atoms with van der Waals surface area (Å²) in [5.74, 6) is -0.0645. The number of carbonyl (C=O) groups is 1. The second kappa shape index (κ2) is 5.85. The predicted octanol–water partition coefficient (Wildman–Crippen LogP) is 3.50. The Balaban J connectivity index is 2.03. The highest BCUT2D eigenvalue weighted by atomic mass is 16.3. The number of aliphatic hydroxyl groups excluding tert-OH is 1. The van der Waals surface area contributed by atoms with E-state index in [4.69, 9.17) is 4.42 Å². The van der Waals surface area contributed by atoms with Gasteiger partial charge in [0.2, 0.25) is 0 Å². The molecule has 0 aliphatic heterocycles. The lowest BCUT2D eigenvalue weighted by Gasteiger charge is -2.07. The number of pyridine rings is 1. The summed E-state index contributed by atoms with van der Waals surface area (Å²) < 4.78 is 5.82. The van der Waals surface area contributed by atoms with E-state index < -0.39 is 0 Å². The fourth-order valence-electron chi connectivity index (χ4n) is 2.74. The molecule has 2 aromatic heterocycles. The van der Waals surface area contributed by atoms with Crippen molar-refractivity contribution in [2.24, 2.45) is 0 Å². The third-order valence-corrected chi connectivity index (χ3v) is 4.02. The van der Waals surface area contributed by atoms with Crippen molar-refractivity contribution in [2.75, 3.05) is 5.32 Å². The van der Waals surface area contributed by atoms with Gasteiger partial charge in [0.25, 0.3) is 5.91 Å². The third kappa shape index (κ3) is 2.59. The molecule has 23 heavy (non-hydrogen) atoms. The Morgan fingerprint density at radius 3 is 2.65 bits per heavy atom. The molecular weight excluding hydrogens is 292 g/mol. The third-order valence-electron chi connectivity index (χ3n) is 4.02. The zero-order chi connectivity index (χ0) is 16.6. The summed E-state index contributed by atoms with van der Waals surface area (Å²) in [5.41, 5.74) is 4.70. The minimum atomic E-state index is -0.347. The lowest BCUT2D eigenvalue weighted by Crippen LogP contribution is -2.13. The Bertz CT molecular complexity index is 897. The molecule has 0 aliphatic carbocycles. The molecule has 2 heterocycles. The predicted molar refractivity (Wildman–Crippen MR) is 88.5 cm³/mol. The number of hydrogen-bond acceptors (Lipinski definition) is 4. The first-order valence-corrected chi connectivity index (χ1v) is 7.37. The van der Waals surface area contributed by atoms with Crippen LogP contribution in [0.5, 0.6) is 0 Å². The van der Waals surface area contributed by atoms with Gasteiger partial charge >= 0.3 is 0 Å². The first kappa shape index (κ1) is 15.2. The van der Waals surface area contributed by atoms with Crippen LogP contribution in [0.25, 0.3) is 11.0 Å². The Hall–Kier alpha value is -2.66. The van der Waals surface area contributed by atoms with Crippen molar-refractivity contribution in [1.29, 1.82) is 0 Å². The van der Waals surface area contributed by atoms with E-state index in [1.165, 1.54) is 6.20 Å². The molecule has 2 N–H and O–H groups in total. The summed E-state index contributed by atoms with van der Waals surface area (Å²) in [4.78, 5) is 16.6. The van der Waals surface area contributed by atoms with E-state index in [1.807, 2.05) is 32.9 Å². The average molecular weight is 310 g/mol. The van der Waals surface area contributed by atoms with Crippen molar-refractivity contribution in [3.05, 3.63) is 58.6 Å². The summed E-state index contributed by atoms with van der Waals surface area (Å²) in [6.07, 6.45) is 3.08. The Morgan fingerprint density at radius 1 is 1.22 bits per heavy atom. The van der Waals surface area contributed by atoms with Crippen molar-refractivity contribution in [1.82, 2.24) is 4.98 Å². The molecule has 3 rings (SSSR count). The Kier molecular flexibility index (Phi) is 3.88. The number of nitrogens with one attached hydrogen (secondary N) is 1. The number of aromatic nitrogens is 1. The van der Waals surface area contributed by atoms with E-state index in [9.17, 15) is 9.90 Å². The Morgan fingerprint density at radius 2 is 1.96 bits per heavy atom. The van der Waals surface area contributed by atoms with Crippen LogP contribution >= 0.6 is 0 Å². The molecule has 1 aromatic carbocycles. The number of anilines is 1. The van der Waals surface area contributed by atoms with Crippen LogP contribution in [-0.2, 0) is 6.61 Å². The van der Waals surface area contributed by atoms with Crippen molar-refractivity contribution in [3.8, 4) is 0 Å². The van der Waals surface area contributed by atoms with Gasteiger partial charge < -0.3 is 14.8 Å². The zero-order valence-electron chi connectivity index (χ0n) is 13.3. The quantitative estimate of drug-likeness (QED) is 0.776. The van der Waals surface area contributed by atoms with Gasteiger partial charge in [0.05, 0.1) is 18.5 Å². The number of aryl methyl sites for hydroxylation is 3. The minimum Gasteiger partial charge on any atom is -0.450 e. The first-order valence-electron chi connectivity index (χ1n) is 7.37. The Labute approximate surface area is 134 Å². The van der Waals surface area contributed by atoms with Crippen LogP contribution in [0.15, 0.2) is 35.0 Å². The highest BCUT2D eigenvalue weighted by Gasteiger charge is 2.20. The second-order valence-electron chi connectivity index (χ2n) is 5.60. The van der Waals surface area contributed by atoms with Gasteiger partial charge in [-0.05, 0) is 38.0 Å². The molecule has 0 aliphatic rings. The van der Waals surface area contributed by atoms with Crippen LogP contribution in [0, 0.1) is 20.8 Å². The van der Waals surface area contributed by atoms with Gasteiger partial charge in [0.1, 0.15) is 5.58 Å². The smallest absolute Gasteiger partial charge is 0.291 e. The number of hydrogen-bond donors (Lipinski definition) is 2. The SMILES string of the molecule is Cc1ccc(C)c2c(C)c(C(=O)Nc3cnccc3CO)oc12. The minimum absolute atomic E-state index is 0.171. The fourth-order valence-corrected chi connectivity index (χ4v) is 2.74. The highest BCUT2D eigenvalue weighted by molar-refractivity contribution is 6.07. The van der Waals surface area contributed by atoms with E-state index in [0.717, 1.165) is 27.7 Å². The molecule has 1 amide bonds. The molecule has 0 saturated heterocycles. The maximum Gasteiger partial charge on any atom is 0.291 e. The zero-order valence-corrected chi connectivity index (χ0v) is 13.3. The highest BCUT2D eigenvalue weighted by Crippen LogP contribution is 2.31. The maximum atomic E-state index is 12.6. The summed E-state index contributed by atoms with van der Waals surface area (Å²) >= 11 is 0. The van der Waals surface area contributed by atoms with Gasteiger partial charge in [-0.15, -0.1) is 0 Å². The monoisotopic (exact) mass is 310 g/mol. The number of amides is 1. The molecule has 0 unspecified atom stereocenters. The van der Waals surface area contributed by atoms with E-state index in [0.29, 0.717) is 11.3 Å². The molecule has 5 nitrogen and oxygen atoms in total. The number of aliphatic hydroxyl groups is 1. The van der Waals surface area contributed by atoms with E-state index in [2.05, 4.69) is 10.3 Å². The summed E-state index contributed by atoms with van der Waals surface area (Å²) in [6, 6.07) is 5.66. The lowest BCUT2D eigenvalue weighted by molar-refractivity contribution is 0.0997. The molecule has 0 bridgehead atoms. The number of nitrogens with zero attached hydrogens (tertiary/aromatic N) is 1. The van der Waals surface area contributed by atoms with E-state index in [1.54, 1.807) is 12.3 Å². The van der Waals surface area contributed by atoms with Crippen LogP contribution in [0.4, 0.5) is 5.69 Å². The standard InChI is InChI=1S/C18H18N2O3/c1-10-4-5-11(2)16-15(10)12(3)17(23-16)18(22)20-14-8-19-7-6-13(14)9-21/h4-8,21H,9H2,1-3H3,(H,20,22). The molecule has 0 radical (unpaired) electrons. The molecule has 0 spiro atoms. The normalized spacial score (nSPS) is 11.0. The topological polar surface area (TPSA) is 75.4 Å². The van der Waals surface area contributed by atoms with Gasteiger partial charge in [-0.2, -0.15) is 0 Å². The largest absolute Gasteiger partial charge is 0.450 e. The summed E-state index contributed by atoms with van der Waals surface area (Å²) in [7, 11) is 0. The van der Waals surface area contributed by atoms with Gasteiger partial charge in [0, 0.05) is 22.7 Å². The molecule has 0 atom stereocenters. The number of fused-ring (bicyclic) bond motifs is 1. The molecular formula is C18H18N2O3. The molecule has 0 fully saturated rings. The number of carbonyl (C=O) groups excluding carboxylic acids is 1. The van der Waals surface area contributed by atoms with Gasteiger partial charge in [0.15, 0.2) is 5.76 Å². The lowest BCUT2D eigenvalue weighted by atomic mass is 10.0. The van der Waals surface area contributed by atoms with Crippen molar-refractivity contribution in [2.45, 2.75) is 27.4 Å². The van der Waals surface area contributed by atoms with E-state index in [-0.39, 0.29) is 18.3 Å². The second-order valence-corrected chi connectivity index (χ2v) is 5.60. The van der Waals surface area contributed by atoms with E-state index >= 15 is 0 Å². The number of benzene rings is 1. The van der Waals surface area contributed by atoms with Gasteiger partial charge in [-0.25, -0.2) is 0 Å². The summed E-state index contributed by atoms with van der Waals surface area (Å²) in [5, 5.41) is 13.1. The number of rotatable bonds is 3. The fraction of sp³-hybridized carbons (Fsp3) is 0.222. The van der Waals surface area contributed by atoms with Gasteiger partial charge in [-0.3, -0.25) is 9.78 Å². The average Bonchev–Trinajstić information content (AvgIpc) is 2.90.